The number of aliphatic imine (C=N–C) groups is 2. The van der Waals surface area contributed by atoms with Crippen molar-refractivity contribution in [3.05, 3.63) is 25.6 Å². The van der Waals surface area contributed by atoms with Gasteiger partial charge in [-0.25, -0.2) is 0 Å². The molecule has 0 saturated heterocycles. The molecular formula is C14H24N2. The molecule has 0 aliphatic heterocycles. The minimum Gasteiger partial charge on any atom is -0.259 e. The molecule has 0 N–H and O–H groups in total. The van der Waals surface area contributed by atoms with Gasteiger partial charge in [0.1, 0.15) is 0 Å². The van der Waals surface area contributed by atoms with Gasteiger partial charge in [0.2, 0.25) is 0 Å². The van der Waals surface area contributed by atoms with Gasteiger partial charge in [0, 0.05) is 23.2 Å². The Morgan fingerprint density at radius 1 is 0.750 bits per heavy atom. The van der Waals surface area contributed by atoms with E-state index in [2.05, 4.69) is 64.7 Å². The SMILES string of the molecule is C=C/N=C(\C(=N/C=C)C(C)(C)C)C(C)(C)C. The molecule has 0 fully saturated rings. The van der Waals surface area contributed by atoms with E-state index in [0.29, 0.717) is 0 Å². The zero-order chi connectivity index (χ0) is 13.0. The third-order valence-corrected chi connectivity index (χ3v) is 2.09. The molecule has 0 aromatic carbocycles. The van der Waals surface area contributed by atoms with Gasteiger partial charge in [0.05, 0.1) is 11.4 Å². The van der Waals surface area contributed by atoms with Gasteiger partial charge in [0.15, 0.2) is 0 Å². The van der Waals surface area contributed by atoms with Crippen LogP contribution in [0.1, 0.15) is 41.5 Å². The fraction of sp³-hybridized carbons (Fsp3) is 0.571. The summed E-state index contributed by atoms with van der Waals surface area (Å²) in [5.74, 6) is 0. The molecule has 2 heteroatoms. The van der Waals surface area contributed by atoms with Crippen molar-refractivity contribution in [2.45, 2.75) is 41.5 Å². The fourth-order valence-corrected chi connectivity index (χ4v) is 1.40. The predicted octanol–water partition coefficient (Wildman–Crippen LogP) is 4.25. The molecule has 0 heterocycles. The van der Waals surface area contributed by atoms with Crippen molar-refractivity contribution in [2.75, 3.05) is 0 Å². The van der Waals surface area contributed by atoms with Crippen molar-refractivity contribution in [1.82, 2.24) is 0 Å². The first-order valence-corrected chi connectivity index (χ1v) is 5.53. The lowest BCUT2D eigenvalue weighted by Crippen LogP contribution is -2.37. The second-order valence-corrected chi connectivity index (χ2v) is 5.82. The van der Waals surface area contributed by atoms with Crippen molar-refractivity contribution >= 4 is 11.4 Å². The standard InChI is InChI=1S/C14H24N2/c1-9-15-11(13(3,4)5)12(16-10-2)14(6,7)8/h9-10H,1-2H2,3-8H3/b15-11+,16-12+. The average Bonchev–Trinajstić information content (AvgIpc) is 2.07. The van der Waals surface area contributed by atoms with Gasteiger partial charge in [-0.2, -0.15) is 0 Å². The molecule has 0 rings (SSSR count). The summed E-state index contributed by atoms with van der Waals surface area (Å²) in [6.07, 6.45) is 3.15. The highest BCUT2D eigenvalue weighted by Crippen LogP contribution is 2.26. The molecule has 0 spiro atoms. The molecule has 16 heavy (non-hydrogen) atoms. The average molecular weight is 220 g/mol. The maximum Gasteiger partial charge on any atom is 0.0676 e. The van der Waals surface area contributed by atoms with E-state index in [1.54, 1.807) is 12.4 Å². The molecule has 0 amide bonds. The van der Waals surface area contributed by atoms with E-state index >= 15 is 0 Å². The highest BCUT2D eigenvalue weighted by atomic mass is 14.8. The molecule has 90 valence electrons. The first-order valence-electron chi connectivity index (χ1n) is 5.53. The molecule has 0 aliphatic rings. The molecular weight excluding hydrogens is 196 g/mol. The molecule has 0 aromatic rings. The maximum atomic E-state index is 4.38. The van der Waals surface area contributed by atoms with Gasteiger partial charge in [-0.15, -0.1) is 0 Å². The molecule has 0 aromatic heterocycles. The normalized spacial score (nSPS) is 14.9. The number of hydrogen-bond donors (Lipinski definition) is 0. The Kier molecular flexibility index (Phi) is 4.85. The number of hydrogen-bond acceptors (Lipinski definition) is 2. The highest BCUT2D eigenvalue weighted by Gasteiger charge is 2.30. The highest BCUT2D eigenvalue weighted by molar-refractivity contribution is 6.45. The predicted molar refractivity (Wildman–Crippen MR) is 74.2 cm³/mol. The van der Waals surface area contributed by atoms with Crippen molar-refractivity contribution in [3.8, 4) is 0 Å². The Labute approximate surface area is 99.9 Å². The molecule has 0 bridgehead atoms. The van der Waals surface area contributed by atoms with Crippen LogP contribution in [0.4, 0.5) is 0 Å². The van der Waals surface area contributed by atoms with Gasteiger partial charge < -0.3 is 0 Å². The smallest absolute Gasteiger partial charge is 0.0676 e. The molecule has 0 saturated carbocycles. The Bertz CT molecular complexity index is 286. The molecule has 0 aliphatic carbocycles. The minimum atomic E-state index is -0.0523. The summed E-state index contributed by atoms with van der Waals surface area (Å²) in [5.41, 5.74) is 1.83. The Hall–Kier alpha value is -1.18. The first-order chi connectivity index (χ1) is 7.14. The lowest BCUT2D eigenvalue weighted by molar-refractivity contribution is 0.565. The molecule has 0 unspecified atom stereocenters. The van der Waals surface area contributed by atoms with Crippen molar-refractivity contribution in [1.29, 1.82) is 0 Å². The number of rotatable bonds is 3. The summed E-state index contributed by atoms with van der Waals surface area (Å²) in [5, 5.41) is 0. The van der Waals surface area contributed by atoms with Gasteiger partial charge >= 0.3 is 0 Å². The summed E-state index contributed by atoms with van der Waals surface area (Å²) in [6.45, 7) is 20.1. The van der Waals surface area contributed by atoms with Crippen LogP contribution in [0.25, 0.3) is 0 Å². The third-order valence-electron chi connectivity index (χ3n) is 2.09. The van der Waals surface area contributed by atoms with Crippen molar-refractivity contribution in [3.63, 3.8) is 0 Å². The zero-order valence-electron chi connectivity index (χ0n) is 11.5. The lowest BCUT2D eigenvalue weighted by atomic mass is 9.77. The first kappa shape index (κ1) is 14.8. The van der Waals surface area contributed by atoms with E-state index < -0.39 is 0 Å². The number of nitrogens with zero attached hydrogens (tertiary/aromatic N) is 2. The van der Waals surface area contributed by atoms with Crippen LogP contribution in [0.15, 0.2) is 35.5 Å². The largest absolute Gasteiger partial charge is 0.259 e. The van der Waals surface area contributed by atoms with Crippen LogP contribution in [0, 0.1) is 10.8 Å². The van der Waals surface area contributed by atoms with E-state index in [4.69, 9.17) is 0 Å². The Morgan fingerprint density at radius 3 is 1.12 bits per heavy atom. The van der Waals surface area contributed by atoms with E-state index in [1.807, 2.05) is 0 Å². The Morgan fingerprint density at radius 2 is 1.00 bits per heavy atom. The monoisotopic (exact) mass is 220 g/mol. The quantitative estimate of drug-likeness (QED) is 0.635. The minimum absolute atomic E-state index is 0.0523. The van der Waals surface area contributed by atoms with Crippen LogP contribution in [-0.4, -0.2) is 11.4 Å². The molecule has 0 atom stereocenters. The van der Waals surface area contributed by atoms with Gasteiger partial charge in [0.25, 0.3) is 0 Å². The summed E-state index contributed by atoms with van der Waals surface area (Å²) < 4.78 is 0. The van der Waals surface area contributed by atoms with E-state index in [1.165, 1.54) is 0 Å². The maximum absolute atomic E-state index is 4.38. The van der Waals surface area contributed by atoms with Crippen LogP contribution in [0.3, 0.4) is 0 Å². The van der Waals surface area contributed by atoms with E-state index in [-0.39, 0.29) is 10.8 Å². The van der Waals surface area contributed by atoms with Gasteiger partial charge in [-0.05, 0) is 0 Å². The van der Waals surface area contributed by atoms with Crippen molar-refractivity contribution < 1.29 is 0 Å². The molecule has 2 nitrogen and oxygen atoms in total. The lowest BCUT2D eigenvalue weighted by Gasteiger charge is -2.29. The van der Waals surface area contributed by atoms with E-state index in [0.717, 1.165) is 11.4 Å². The van der Waals surface area contributed by atoms with Crippen LogP contribution in [-0.2, 0) is 0 Å². The summed E-state index contributed by atoms with van der Waals surface area (Å²) >= 11 is 0. The molecule has 0 radical (unpaired) electrons. The van der Waals surface area contributed by atoms with Crippen LogP contribution < -0.4 is 0 Å². The second kappa shape index (κ2) is 5.24. The summed E-state index contributed by atoms with van der Waals surface area (Å²) in [6, 6.07) is 0. The fourth-order valence-electron chi connectivity index (χ4n) is 1.40. The third kappa shape index (κ3) is 4.13. The van der Waals surface area contributed by atoms with Gasteiger partial charge in [-0.1, -0.05) is 54.7 Å². The van der Waals surface area contributed by atoms with Crippen molar-refractivity contribution in [2.24, 2.45) is 20.8 Å². The van der Waals surface area contributed by atoms with Gasteiger partial charge in [-0.3, -0.25) is 9.98 Å². The van der Waals surface area contributed by atoms with Crippen LogP contribution in [0.5, 0.6) is 0 Å². The Balaban J connectivity index is 5.67. The van der Waals surface area contributed by atoms with Crippen LogP contribution >= 0.6 is 0 Å². The van der Waals surface area contributed by atoms with Crippen LogP contribution in [0.2, 0.25) is 0 Å². The zero-order valence-corrected chi connectivity index (χ0v) is 11.5. The summed E-state index contributed by atoms with van der Waals surface area (Å²) in [4.78, 5) is 8.77. The topological polar surface area (TPSA) is 24.7 Å². The summed E-state index contributed by atoms with van der Waals surface area (Å²) in [7, 11) is 0. The second-order valence-electron chi connectivity index (χ2n) is 5.82. The van der Waals surface area contributed by atoms with E-state index in [9.17, 15) is 0 Å².